The van der Waals surface area contributed by atoms with E-state index >= 15 is 0 Å². The Hall–Kier alpha value is -1.40. The van der Waals surface area contributed by atoms with Gasteiger partial charge in [0, 0.05) is 12.8 Å². The van der Waals surface area contributed by atoms with E-state index in [0.29, 0.717) is 25.9 Å². The molecule has 2 atom stereocenters. The summed E-state index contributed by atoms with van der Waals surface area (Å²) in [6.45, 7) is 5.01. The number of ether oxygens (including phenoxy) is 1. The molecule has 3 N–H and O–H groups in total. The summed E-state index contributed by atoms with van der Waals surface area (Å²) >= 11 is 0. The molecule has 6 nitrogen and oxygen atoms in total. The Bertz CT molecular complexity index is 1270. The minimum atomic E-state index is -0.663. The molecule has 1 amide bonds. The van der Waals surface area contributed by atoms with Crippen molar-refractivity contribution in [3.05, 3.63) is 12.2 Å². The molecule has 0 aliphatic carbocycles. The normalized spacial score (nSPS) is 12.5. The van der Waals surface area contributed by atoms with Gasteiger partial charge in [0.25, 0.3) is 0 Å². The maximum Gasteiger partial charge on any atom is 0.305 e. The molecule has 0 aliphatic rings. The number of esters is 1. The number of nitrogens with one attached hydrogen (secondary N) is 1. The van der Waals surface area contributed by atoms with Crippen LogP contribution in [0.5, 0.6) is 0 Å². The Balaban J connectivity index is 3.34. The highest BCUT2D eigenvalue weighted by Gasteiger charge is 2.20. The third-order valence-electron chi connectivity index (χ3n) is 18.6. The van der Waals surface area contributed by atoms with E-state index in [0.717, 1.165) is 38.5 Å². The molecule has 0 spiro atoms. The lowest BCUT2D eigenvalue weighted by Gasteiger charge is -2.22. The molecule has 0 saturated heterocycles. The van der Waals surface area contributed by atoms with E-state index in [2.05, 4.69) is 31.3 Å². The summed E-state index contributed by atoms with van der Waals surface area (Å²) in [7, 11) is 0. The molecule has 0 aromatic carbocycles. The lowest BCUT2D eigenvalue weighted by molar-refractivity contribution is -0.143. The van der Waals surface area contributed by atoms with Crippen molar-refractivity contribution in [1.82, 2.24) is 5.32 Å². The number of carbonyl (C=O) groups excluding carboxylic acids is 2. The first-order chi connectivity index (χ1) is 41.5. The summed E-state index contributed by atoms with van der Waals surface area (Å²) in [6.07, 6.45) is 93.0. The number of allylic oxidation sites excluding steroid dienone is 2. The summed E-state index contributed by atoms with van der Waals surface area (Å²) in [6, 6.07) is -0.539. The second-order valence-corrected chi connectivity index (χ2v) is 27.0. The van der Waals surface area contributed by atoms with Gasteiger partial charge in [0.1, 0.15) is 0 Å². The Morgan fingerprint density at radius 3 is 0.845 bits per heavy atom. The zero-order valence-corrected chi connectivity index (χ0v) is 57.4. The van der Waals surface area contributed by atoms with Crippen molar-refractivity contribution in [3.63, 3.8) is 0 Å². The third kappa shape index (κ3) is 69.7. The van der Waals surface area contributed by atoms with E-state index in [9.17, 15) is 19.8 Å². The predicted molar refractivity (Wildman–Crippen MR) is 370 cm³/mol. The second-order valence-electron chi connectivity index (χ2n) is 27.0. The molecule has 0 fully saturated rings. The smallest absolute Gasteiger partial charge is 0.305 e. The van der Waals surface area contributed by atoms with Crippen LogP contribution in [0, 0.1) is 0 Å². The van der Waals surface area contributed by atoms with Crippen LogP contribution < -0.4 is 5.32 Å². The molecule has 0 aliphatic heterocycles. The van der Waals surface area contributed by atoms with Gasteiger partial charge in [0.2, 0.25) is 5.91 Å². The van der Waals surface area contributed by atoms with Crippen LogP contribution in [-0.2, 0) is 14.3 Å². The van der Waals surface area contributed by atoms with Gasteiger partial charge >= 0.3 is 5.97 Å². The first-order valence-electron chi connectivity index (χ1n) is 38.9. The standard InChI is InChI=1S/C78H153NO5/c1-3-5-7-9-11-13-15-17-18-19-20-34-37-40-43-47-50-54-58-62-66-70-76(81)75(74-80)79-77(82)71-67-63-59-55-51-48-44-41-38-35-32-30-28-26-24-22-21-23-25-27-29-31-33-36-39-42-45-49-53-57-61-65-69-73-84-78(83)72-68-64-60-56-52-46-16-14-12-10-8-6-4-2/h25,27,75-76,80-81H,3-24,26,28-74H2,1-2H3,(H,79,82)/b27-25-. The maximum absolute atomic E-state index is 12.6. The van der Waals surface area contributed by atoms with Gasteiger partial charge in [0.05, 0.1) is 25.4 Å². The van der Waals surface area contributed by atoms with Gasteiger partial charge in [-0.3, -0.25) is 9.59 Å². The fourth-order valence-corrected chi connectivity index (χ4v) is 12.6. The van der Waals surface area contributed by atoms with Crippen LogP contribution in [0.3, 0.4) is 0 Å². The molecule has 0 saturated carbocycles. The van der Waals surface area contributed by atoms with Gasteiger partial charge in [0.15, 0.2) is 0 Å². The average Bonchev–Trinajstić information content (AvgIpc) is 3.51. The number of unbranched alkanes of at least 4 members (excludes halogenated alkanes) is 61. The number of aliphatic hydroxyl groups is 2. The topological polar surface area (TPSA) is 95.9 Å². The average molecular weight is 1190 g/mol. The third-order valence-corrected chi connectivity index (χ3v) is 18.6. The Morgan fingerprint density at radius 2 is 0.560 bits per heavy atom. The molecule has 0 rings (SSSR count). The molecular formula is C78H153NO5. The SMILES string of the molecule is CCCCCCCCCCCCCCCCCCCCCCCC(O)C(CO)NC(=O)CCCCCCCCCCCCCCCCCCC/C=C\CCCCCCCCCCCCCCOC(=O)CCCCCCCCCCCCCCC. The van der Waals surface area contributed by atoms with Gasteiger partial charge in [-0.05, 0) is 51.4 Å². The molecule has 0 bridgehead atoms. The van der Waals surface area contributed by atoms with Crippen LogP contribution >= 0.6 is 0 Å². The van der Waals surface area contributed by atoms with Crippen LogP contribution in [0.15, 0.2) is 12.2 Å². The van der Waals surface area contributed by atoms with Crippen LogP contribution in [0.2, 0.25) is 0 Å². The molecule has 2 unspecified atom stereocenters. The van der Waals surface area contributed by atoms with E-state index in [-0.39, 0.29) is 18.5 Å². The highest BCUT2D eigenvalue weighted by atomic mass is 16.5. The monoisotopic (exact) mass is 1180 g/mol. The van der Waals surface area contributed by atoms with Crippen molar-refractivity contribution in [1.29, 1.82) is 0 Å². The lowest BCUT2D eigenvalue weighted by Crippen LogP contribution is -2.45. The van der Waals surface area contributed by atoms with E-state index in [1.54, 1.807) is 0 Å². The van der Waals surface area contributed by atoms with Crippen molar-refractivity contribution < 1.29 is 24.5 Å². The predicted octanol–water partition coefficient (Wildman–Crippen LogP) is 25.5. The van der Waals surface area contributed by atoms with Crippen molar-refractivity contribution in [3.8, 4) is 0 Å². The van der Waals surface area contributed by atoms with Crippen LogP contribution in [0.25, 0.3) is 0 Å². The number of hydrogen-bond acceptors (Lipinski definition) is 5. The zero-order chi connectivity index (χ0) is 60.6. The van der Waals surface area contributed by atoms with Gasteiger partial charge in [-0.15, -0.1) is 0 Å². The Morgan fingerprint density at radius 1 is 0.321 bits per heavy atom. The van der Waals surface area contributed by atoms with E-state index in [1.165, 1.54) is 379 Å². The molecule has 84 heavy (non-hydrogen) atoms. The van der Waals surface area contributed by atoms with Crippen LogP contribution in [0.4, 0.5) is 0 Å². The van der Waals surface area contributed by atoms with Gasteiger partial charge in [-0.1, -0.05) is 398 Å². The van der Waals surface area contributed by atoms with Gasteiger partial charge < -0.3 is 20.3 Å². The minimum Gasteiger partial charge on any atom is -0.466 e. The van der Waals surface area contributed by atoms with E-state index in [1.807, 2.05) is 0 Å². The fourth-order valence-electron chi connectivity index (χ4n) is 12.6. The summed E-state index contributed by atoms with van der Waals surface area (Å²) < 4.78 is 5.49. The number of aliphatic hydroxyl groups excluding tert-OH is 2. The van der Waals surface area contributed by atoms with Crippen molar-refractivity contribution in [2.24, 2.45) is 0 Å². The Labute approximate surface area is 527 Å². The number of rotatable bonds is 74. The summed E-state index contributed by atoms with van der Waals surface area (Å²) in [4.78, 5) is 24.6. The number of carbonyl (C=O) groups is 2. The largest absolute Gasteiger partial charge is 0.466 e. The zero-order valence-electron chi connectivity index (χ0n) is 57.4. The number of hydrogen-bond donors (Lipinski definition) is 3. The summed E-state index contributed by atoms with van der Waals surface area (Å²) in [5.41, 5.74) is 0. The lowest BCUT2D eigenvalue weighted by atomic mass is 10.0. The van der Waals surface area contributed by atoms with Gasteiger partial charge in [-0.2, -0.15) is 0 Å². The molecule has 0 radical (unpaired) electrons. The minimum absolute atomic E-state index is 0.0214. The van der Waals surface area contributed by atoms with Crippen LogP contribution in [0.1, 0.15) is 450 Å². The first-order valence-corrected chi connectivity index (χ1v) is 38.9. The summed E-state index contributed by atoms with van der Waals surface area (Å²) in [5, 5.41) is 23.4. The number of amides is 1. The van der Waals surface area contributed by atoms with Crippen LogP contribution in [-0.4, -0.2) is 47.4 Å². The van der Waals surface area contributed by atoms with Crippen molar-refractivity contribution >= 4 is 11.9 Å². The fraction of sp³-hybridized carbons (Fsp3) is 0.949. The first kappa shape index (κ1) is 82.6. The molecular weight excluding hydrogens is 1030 g/mol. The summed E-state index contributed by atoms with van der Waals surface area (Å²) in [5.74, 6) is -0.00490. The molecule has 500 valence electrons. The van der Waals surface area contributed by atoms with Gasteiger partial charge in [-0.25, -0.2) is 0 Å². The highest BCUT2D eigenvalue weighted by molar-refractivity contribution is 5.76. The molecule has 6 heteroatoms. The van der Waals surface area contributed by atoms with Crippen molar-refractivity contribution in [2.45, 2.75) is 463 Å². The molecule has 0 aromatic heterocycles. The van der Waals surface area contributed by atoms with E-state index < -0.39 is 12.1 Å². The second kappa shape index (κ2) is 74.1. The maximum atomic E-state index is 12.6. The molecule has 0 heterocycles. The van der Waals surface area contributed by atoms with Crippen molar-refractivity contribution in [2.75, 3.05) is 13.2 Å². The highest BCUT2D eigenvalue weighted by Crippen LogP contribution is 2.20. The Kier molecular flexibility index (Phi) is 72.8. The quantitative estimate of drug-likeness (QED) is 0.0320. The van der Waals surface area contributed by atoms with E-state index in [4.69, 9.17) is 4.74 Å². The molecule has 0 aromatic rings.